The first kappa shape index (κ1) is 74.5. The highest BCUT2D eigenvalue weighted by atomic mass is 15.2. The number of aromatic nitrogens is 8. The molecule has 0 aliphatic heterocycles. The Bertz CT molecular complexity index is 8950. The molecule has 0 amide bonds. The molecule has 132 heavy (non-hydrogen) atoms. The molecule has 0 fully saturated rings. The molecule has 8 heteroatoms. The van der Waals surface area contributed by atoms with Crippen LogP contribution >= 0.6 is 0 Å². The fraction of sp³-hybridized carbons (Fsp3) is 0. The Kier molecular flexibility index (Phi) is 16.9. The van der Waals surface area contributed by atoms with Crippen molar-refractivity contribution in [3.8, 4) is 124 Å². The first-order chi connectivity index (χ1) is 65.5. The molecule has 27 aromatic rings. The van der Waals surface area contributed by atoms with Crippen LogP contribution in [0.2, 0.25) is 0 Å². The van der Waals surface area contributed by atoms with E-state index in [1.807, 2.05) is 0 Å². The van der Waals surface area contributed by atoms with Crippen LogP contribution < -0.4 is 0 Å². The van der Waals surface area contributed by atoms with Gasteiger partial charge in [0.25, 0.3) is 0 Å². The SMILES string of the molecule is c1ccc(-c2cccc(-c3cc(-c4cccc(-n5c6cc(-c7ccc8c(c7)c7ccccc7n8-c7ccccc7)ccc6c6ccc(-c7ccc8c(c7)c7ccccc7n8-c7ccccc7)cc65)c4)nc(-n4c5cc(-c6ccc7c(c6)c6ccccc6n7-c6ccccc6)ccc5c5ccc(-c6ccc7c(c6)c6ccccc6n7-c6ccccc6)cc54)n3)c2-c2ccccc2)cc1. The predicted molar refractivity (Wildman–Crippen MR) is 552 cm³/mol. The monoisotopic (exact) mass is 1680 g/mol. The topological polar surface area (TPSA) is 55.4 Å². The van der Waals surface area contributed by atoms with Gasteiger partial charge in [-0.2, -0.15) is 0 Å². The van der Waals surface area contributed by atoms with Crippen molar-refractivity contribution in [1.82, 2.24) is 37.4 Å². The molecule has 27 rings (SSSR count). The Hall–Kier alpha value is -17.7. The molecule has 0 spiro atoms. The Morgan fingerprint density at radius 3 is 0.758 bits per heavy atom. The second-order valence-electron chi connectivity index (χ2n) is 34.7. The van der Waals surface area contributed by atoms with E-state index in [4.69, 9.17) is 9.97 Å². The van der Waals surface area contributed by atoms with Gasteiger partial charge in [-0.05, 0) is 231 Å². The second-order valence-corrected chi connectivity index (χ2v) is 34.7. The van der Waals surface area contributed by atoms with Gasteiger partial charge >= 0.3 is 0 Å². The number of hydrogen-bond acceptors (Lipinski definition) is 2. The Morgan fingerprint density at radius 1 is 0.129 bits per heavy atom. The zero-order valence-electron chi connectivity index (χ0n) is 71.6. The zero-order chi connectivity index (χ0) is 86.6. The van der Waals surface area contributed by atoms with Crippen molar-refractivity contribution in [2.45, 2.75) is 0 Å². The lowest BCUT2D eigenvalue weighted by molar-refractivity contribution is 0.995. The molecule has 0 radical (unpaired) electrons. The summed E-state index contributed by atoms with van der Waals surface area (Å²) < 4.78 is 14.4. The van der Waals surface area contributed by atoms with E-state index in [1.54, 1.807) is 0 Å². The van der Waals surface area contributed by atoms with Gasteiger partial charge in [-0.1, -0.05) is 309 Å². The second kappa shape index (κ2) is 30.0. The van der Waals surface area contributed by atoms with Gasteiger partial charge in [0.05, 0.1) is 77.6 Å². The summed E-state index contributed by atoms with van der Waals surface area (Å²) in [6.45, 7) is 0. The smallest absolute Gasteiger partial charge is 0.235 e. The van der Waals surface area contributed by atoms with Crippen molar-refractivity contribution in [1.29, 1.82) is 0 Å². The van der Waals surface area contributed by atoms with Crippen LogP contribution in [0.15, 0.2) is 473 Å². The number of hydrogen-bond donors (Lipinski definition) is 0. The summed E-state index contributed by atoms with van der Waals surface area (Å²) in [6, 6.07) is 174. The lowest BCUT2D eigenvalue weighted by Gasteiger charge is -2.18. The van der Waals surface area contributed by atoms with Gasteiger partial charge in [-0.15, -0.1) is 0 Å². The summed E-state index contributed by atoms with van der Waals surface area (Å²) in [6.07, 6.45) is 0. The molecular weight excluding hydrogens is 1600 g/mol. The molecule has 0 bridgehead atoms. The minimum Gasteiger partial charge on any atom is -0.309 e. The Labute approximate surface area is 759 Å². The van der Waals surface area contributed by atoms with Crippen LogP contribution in [0.25, 0.3) is 254 Å². The van der Waals surface area contributed by atoms with E-state index in [2.05, 4.69) is 501 Å². The number of nitrogens with zero attached hydrogens (tertiary/aromatic N) is 8. The van der Waals surface area contributed by atoms with E-state index in [1.165, 1.54) is 54.1 Å². The number of para-hydroxylation sites is 8. The summed E-state index contributed by atoms with van der Waals surface area (Å²) in [5.74, 6) is 0.535. The maximum atomic E-state index is 6.10. The fourth-order valence-electron chi connectivity index (χ4n) is 21.4. The maximum absolute atomic E-state index is 6.10. The third kappa shape index (κ3) is 11.9. The highest BCUT2D eigenvalue weighted by molar-refractivity contribution is 6.18. The van der Waals surface area contributed by atoms with Crippen LogP contribution in [-0.4, -0.2) is 37.4 Å². The summed E-state index contributed by atoms with van der Waals surface area (Å²) in [5, 5.41) is 14.0. The molecule has 7 heterocycles. The summed E-state index contributed by atoms with van der Waals surface area (Å²) in [5.41, 5.74) is 35.5. The van der Waals surface area contributed by atoms with Crippen molar-refractivity contribution >= 4 is 131 Å². The molecular formula is C124H78N8. The molecule has 20 aromatic carbocycles. The largest absolute Gasteiger partial charge is 0.309 e. The van der Waals surface area contributed by atoms with Gasteiger partial charge in [-0.25, -0.2) is 9.97 Å². The molecule has 0 unspecified atom stereocenters. The molecule has 0 N–H and O–H groups in total. The predicted octanol–water partition coefficient (Wildman–Crippen LogP) is 32.4. The van der Waals surface area contributed by atoms with Crippen LogP contribution in [0.3, 0.4) is 0 Å². The molecule has 0 saturated carbocycles. The van der Waals surface area contributed by atoms with E-state index in [9.17, 15) is 0 Å². The van der Waals surface area contributed by atoms with Crippen LogP contribution in [-0.2, 0) is 0 Å². The van der Waals surface area contributed by atoms with Crippen molar-refractivity contribution in [2.75, 3.05) is 0 Å². The fourth-order valence-corrected chi connectivity index (χ4v) is 21.4. The Balaban J connectivity index is 0.699. The first-order valence-corrected chi connectivity index (χ1v) is 45.2. The number of fused-ring (bicyclic) bond motifs is 18. The molecule has 7 aromatic heterocycles. The van der Waals surface area contributed by atoms with E-state index < -0.39 is 0 Å². The standard InChI is InChI=1S/C124H78N8/c1-7-29-79(30-8-1)95-47-28-48-104(123(95)80-31-9-2-10-32-80)110-78-109(125-124(126-110)132-121-76-87(83-59-67-117-107(72-83)98-45-21-25-51-113(98)129(117)92-38-15-5-16-39-92)55-63-102(121)103-64-56-88(77-122(103)132)84-60-68-118-108(73-84)99-46-22-26-52-114(99)130(118)93-40-17-6-18-41-93)89-33-27-42-94(69-89)131-119-74-85(81-57-65-115-105(70-81)96-43-19-23-49-111(96)127(115)90-34-11-3-12-35-90)53-61-100(119)101-62-54-86(75-120(101)131)82-58-66-116-106(71-82)97-44-20-24-50-112(97)128(116)91-36-13-4-14-37-91/h1-78H. The van der Waals surface area contributed by atoms with Crippen molar-refractivity contribution in [3.05, 3.63) is 473 Å². The third-order valence-electron chi connectivity index (χ3n) is 27.4. The van der Waals surface area contributed by atoms with Crippen LogP contribution in [0.5, 0.6) is 0 Å². The quantitative estimate of drug-likeness (QED) is 0.109. The molecule has 0 saturated heterocycles. The van der Waals surface area contributed by atoms with Crippen molar-refractivity contribution in [2.24, 2.45) is 0 Å². The van der Waals surface area contributed by atoms with E-state index in [-0.39, 0.29) is 0 Å². The minimum atomic E-state index is 0.535. The molecule has 8 nitrogen and oxygen atoms in total. The molecule has 0 aliphatic carbocycles. The van der Waals surface area contributed by atoms with Crippen LogP contribution in [0.4, 0.5) is 0 Å². The van der Waals surface area contributed by atoms with E-state index in [0.717, 1.165) is 194 Å². The lowest BCUT2D eigenvalue weighted by atomic mass is 9.89. The number of rotatable bonds is 14. The minimum absolute atomic E-state index is 0.535. The average Bonchev–Trinajstić information content (AvgIpc) is 1.58. The van der Waals surface area contributed by atoms with Gasteiger partial charge in [-0.3, -0.25) is 4.57 Å². The van der Waals surface area contributed by atoms with Crippen molar-refractivity contribution < 1.29 is 0 Å². The molecule has 614 valence electrons. The average molecular weight is 1680 g/mol. The summed E-state index contributed by atoms with van der Waals surface area (Å²) in [4.78, 5) is 12.2. The van der Waals surface area contributed by atoms with Gasteiger partial charge < -0.3 is 22.8 Å². The number of benzene rings is 20. The van der Waals surface area contributed by atoms with Gasteiger partial charge in [0, 0.05) is 104 Å². The van der Waals surface area contributed by atoms with Gasteiger partial charge in [0.1, 0.15) is 0 Å². The van der Waals surface area contributed by atoms with Gasteiger partial charge in [0.15, 0.2) is 0 Å². The highest BCUT2D eigenvalue weighted by Gasteiger charge is 2.27. The normalized spacial score (nSPS) is 11.9. The Morgan fingerprint density at radius 2 is 0.386 bits per heavy atom. The zero-order valence-corrected chi connectivity index (χ0v) is 71.6. The first-order valence-electron chi connectivity index (χ1n) is 45.2. The van der Waals surface area contributed by atoms with E-state index >= 15 is 0 Å². The van der Waals surface area contributed by atoms with Crippen LogP contribution in [0, 0.1) is 0 Å². The molecule has 0 aliphatic rings. The van der Waals surface area contributed by atoms with Crippen molar-refractivity contribution in [3.63, 3.8) is 0 Å². The lowest BCUT2D eigenvalue weighted by Crippen LogP contribution is -2.05. The highest BCUT2D eigenvalue weighted by Crippen LogP contribution is 2.48. The van der Waals surface area contributed by atoms with E-state index in [0.29, 0.717) is 5.95 Å². The van der Waals surface area contributed by atoms with Gasteiger partial charge in [0.2, 0.25) is 5.95 Å². The third-order valence-corrected chi connectivity index (χ3v) is 27.4. The maximum Gasteiger partial charge on any atom is 0.235 e. The summed E-state index contributed by atoms with van der Waals surface area (Å²) in [7, 11) is 0. The van der Waals surface area contributed by atoms with Crippen LogP contribution in [0.1, 0.15) is 0 Å². The summed E-state index contributed by atoms with van der Waals surface area (Å²) >= 11 is 0. The molecule has 0 atom stereocenters.